The Morgan fingerprint density at radius 2 is 2.15 bits per heavy atom. The summed E-state index contributed by atoms with van der Waals surface area (Å²) < 4.78 is 0. The van der Waals surface area contributed by atoms with E-state index in [1.165, 1.54) is 0 Å². The molecule has 0 aromatic heterocycles. The van der Waals surface area contributed by atoms with Crippen molar-refractivity contribution in [2.45, 2.75) is 26.7 Å². The van der Waals surface area contributed by atoms with E-state index in [-0.39, 0.29) is 17.6 Å². The van der Waals surface area contributed by atoms with Crippen molar-refractivity contribution in [2.75, 3.05) is 11.4 Å². The minimum atomic E-state index is 0.117. The number of carbonyl (C=O) groups is 1. The highest BCUT2D eigenvalue weighted by molar-refractivity contribution is 5.96. The predicted molar refractivity (Wildman–Crippen MR) is 79.7 cm³/mol. The molecule has 3 unspecified atom stereocenters. The van der Waals surface area contributed by atoms with Crippen LogP contribution in [0.1, 0.15) is 25.3 Å². The van der Waals surface area contributed by atoms with Crippen LogP contribution in [0.4, 0.5) is 5.69 Å². The number of carbonyl (C=O) groups excluding carboxylic acids is 1. The summed E-state index contributed by atoms with van der Waals surface area (Å²) in [6, 6.07) is 5.22. The van der Waals surface area contributed by atoms with Crippen molar-refractivity contribution in [3.8, 4) is 5.75 Å². The van der Waals surface area contributed by atoms with Crippen molar-refractivity contribution in [1.29, 1.82) is 0 Å². The Kier molecular flexibility index (Phi) is 3.28. The van der Waals surface area contributed by atoms with Crippen molar-refractivity contribution in [3.63, 3.8) is 0 Å². The van der Waals surface area contributed by atoms with E-state index in [2.05, 4.69) is 12.2 Å². The van der Waals surface area contributed by atoms with Crippen LogP contribution in [0.15, 0.2) is 30.4 Å². The minimum absolute atomic E-state index is 0.117. The molecule has 2 aliphatic carbocycles. The number of amides is 1. The van der Waals surface area contributed by atoms with E-state index in [1.807, 2.05) is 24.8 Å². The molecular weight excluding hydrogens is 250 g/mol. The SMILES string of the molecule is CCN(C(=O)C1CC2C=CC1C2)c1cc(O)ccc1C. The van der Waals surface area contributed by atoms with Crippen LogP contribution in [-0.2, 0) is 4.79 Å². The molecule has 106 valence electrons. The molecule has 0 saturated heterocycles. The van der Waals surface area contributed by atoms with E-state index in [9.17, 15) is 9.90 Å². The van der Waals surface area contributed by atoms with Gasteiger partial charge in [0.2, 0.25) is 5.91 Å². The third kappa shape index (κ3) is 2.11. The largest absolute Gasteiger partial charge is 0.508 e. The Morgan fingerprint density at radius 3 is 2.75 bits per heavy atom. The molecule has 0 spiro atoms. The Balaban J connectivity index is 1.88. The molecule has 0 heterocycles. The predicted octanol–water partition coefficient (Wildman–Crippen LogP) is 3.27. The molecule has 1 amide bonds. The quantitative estimate of drug-likeness (QED) is 0.857. The fourth-order valence-corrected chi connectivity index (χ4v) is 3.60. The zero-order valence-electron chi connectivity index (χ0n) is 12.0. The second-order valence-electron chi connectivity index (χ2n) is 5.94. The van der Waals surface area contributed by atoms with E-state index in [0.717, 1.165) is 24.1 Å². The van der Waals surface area contributed by atoms with Gasteiger partial charge in [-0.3, -0.25) is 4.79 Å². The van der Waals surface area contributed by atoms with Gasteiger partial charge in [0.1, 0.15) is 5.75 Å². The third-order valence-corrected chi connectivity index (χ3v) is 4.66. The molecule has 3 atom stereocenters. The summed E-state index contributed by atoms with van der Waals surface area (Å²) >= 11 is 0. The number of phenolic OH excluding ortho intramolecular Hbond substituents is 1. The van der Waals surface area contributed by atoms with Crippen LogP contribution in [0, 0.1) is 24.7 Å². The molecule has 1 fully saturated rings. The number of nitrogens with zero attached hydrogens (tertiary/aromatic N) is 1. The highest BCUT2D eigenvalue weighted by Crippen LogP contribution is 2.44. The second kappa shape index (κ2) is 4.97. The first-order valence-electron chi connectivity index (χ1n) is 7.39. The van der Waals surface area contributed by atoms with Gasteiger partial charge in [-0.05, 0) is 50.2 Å². The lowest BCUT2D eigenvalue weighted by Crippen LogP contribution is -2.38. The number of benzene rings is 1. The molecule has 3 rings (SSSR count). The lowest BCUT2D eigenvalue weighted by atomic mass is 9.92. The molecule has 3 nitrogen and oxygen atoms in total. The summed E-state index contributed by atoms with van der Waals surface area (Å²) in [4.78, 5) is 14.7. The number of hydrogen-bond donors (Lipinski definition) is 1. The standard InChI is InChI=1S/C17H21NO2/c1-3-18(16-10-14(19)7-4-11(16)2)17(20)15-9-12-5-6-13(15)8-12/h4-7,10,12-13,15,19H,3,8-9H2,1-2H3. The smallest absolute Gasteiger partial charge is 0.230 e. The minimum Gasteiger partial charge on any atom is -0.508 e. The monoisotopic (exact) mass is 271 g/mol. The van der Waals surface area contributed by atoms with Crippen LogP contribution in [0.25, 0.3) is 0 Å². The van der Waals surface area contributed by atoms with Gasteiger partial charge in [-0.25, -0.2) is 0 Å². The molecule has 3 heteroatoms. The van der Waals surface area contributed by atoms with Gasteiger partial charge in [0.15, 0.2) is 0 Å². The number of aryl methyl sites for hydroxylation is 1. The molecule has 1 N–H and O–H groups in total. The number of phenols is 1. The maximum absolute atomic E-state index is 12.8. The van der Waals surface area contributed by atoms with Gasteiger partial charge in [-0.1, -0.05) is 18.2 Å². The second-order valence-corrected chi connectivity index (χ2v) is 5.94. The molecular formula is C17H21NO2. The first-order chi connectivity index (χ1) is 9.60. The van der Waals surface area contributed by atoms with Crippen LogP contribution in [0.3, 0.4) is 0 Å². The Morgan fingerprint density at radius 1 is 1.35 bits per heavy atom. The fourth-order valence-electron chi connectivity index (χ4n) is 3.60. The number of aromatic hydroxyl groups is 1. The normalized spacial score (nSPS) is 27.0. The summed E-state index contributed by atoms with van der Waals surface area (Å²) in [6.45, 7) is 4.61. The third-order valence-electron chi connectivity index (χ3n) is 4.66. The van der Waals surface area contributed by atoms with Gasteiger partial charge in [0, 0.05) is 18.5 Å². The first-order valence-corrected chi connectivity index (χ1v) is 7.39. The summed E-state index contributed by atoms with van der Waals surface area (Å²) in [7, 11) is 0. The number of fused-ring (bicyclic) bond motifs is 2. The maximum atomic E-state index is 12.8. The molecule has 0 aliphatic heterocycles. The van der Waals surface area contributed by atoms with E-state index in [0.29, 0.717) is 18.4 Å². The molecule has 1 aromatic rings. The maximum Gasteiger partial charge on any atom is 0.230 e. The molecule has 2 bridgehead atoms. The van der Waals surface area contributed by atoms with Crippen LogP contribution in [-0.4, -0.2) is 17.6 Å². The van der Waals surface area contributed by atoms with Gasteiger partial charge >= 0.3 is 0 Å². The zero-order valence-corrected chi connectivity index (χ0v) is 12.0. The number of allylic oxidation sites excluding steroid dienone is 2. The van der Waals surface area contributed by atoms with Gasteiger partial charge in [0.05, 0.1) is 5.69 Å². The Bertz CT molecular complexity index is 564. The van der Waals surface area contributed by atoms with Crippen molar-refractivity contribution < 1.29 is 9.90 Å². The Labute approximate surface area is 119 Å². The van der Waals surface area contributed by atoms with Crippen molar-refractivity contribution >= 4 is 11.6 Å². The Hall–Kier alpha value is -1.77. The lowest BCUT2D eigenvalue weighted by Gasteiger charge is -2.28. The van der Waals surface area contributed by atoms with Crippen molar-refractivity contribution in [3.05, 3.63) is 35.9 Å². The fraction of sp³-hybridized carbons (Fsp3) is 0.471. The summed E-state index contributed by atoms with van der Waals surface area (Å²) in [5.41, 5.74) is 1.86. The van der Waals surface area contributed by atoms with Gasteiger partial charge < -0.3 is 10.0 Å². The number of hydrogen-bond acceptors (Lipinski definition) is 2. The van der Waals surface area contributed by atoms with Crippen LogP contribution < -0.4 is 4.90 Å². The average molecular weight is 271 g/mol. The van der Waals surface area contributed by atoms with Crippen LogP contribution in [0.2, 0.25) is 0 Å². The molecule has 20 heavy (non-hydrogen) atoms. The molecule has 1 aromatic carbocycles. The highest BCUT2D eigenvalue weighted by Gasteiger charge is 2.41. The van der Waals surface area contributed by atoms with E-state index < -0.39 is 0 Å². The van der Waals surface area contributed by atoms with Crippen molar-refractivity contribution in [1.82, 2.24) is 0 Å². The topological polar surface area (TPSA) is 40.5 Å². The highest BCUT2D eigenvalue weighted by atomic mass is 16.3. The summed E-state index contributed by atoms with van der Waals surface area (Å²) in [6.07, 6.45) is 6.57. The van der Waals surface area contributed by atoms with E-state index in [4.69, 9.17) is 0 Å². The molecule has 2 aliphatic rings. The van der Waals surface area contributed by atoms with Gasteiger partial charge in [-0.15, -0.1) is 0 Å². The van der Waals surface area contributed by atoms with Crippen LogP contribution >= 0.6 is 0 Å². The van der Waals surface area contributed by atoms with Gasteiger partial charge in [0.25, 0.3) is 0 Å². The lowest BCUT2D eigenvalue weighted by molar-refractivity contribution is -0.123. The number of rotatable bonds is 3. The molecule has 0 radical (unpaired) electrons. The first kappa shape index (κ1) is 13.2. The molecule has 1 saturated carbocycles. The van der Waals surface area contributed by atoms with Crippen molar-refractivity contribution in [2.24, 2.45) is 17.8 Å². The average Bonchev–Trinajstić information content (AvgIpc) is 3.05. The van der Waals surface area contributed by atoms with Crippen LogP contribution in [0.5, 0.6) is 5.75 Å². The summed E-state index contributed by atoms with van der Waals surface area (Å²) in [5.74, 6) is 1.55. The van der Waals surface area contributed by atoms with Gasteiger partial charge in [-0.2, -0.15) is 0 Å². The number of anilines is 1. The zero-order chi connectivity index (χ0) is 14.3. The summed E-state index contributed by atoms with van der Waals surface area (Å²) in [5, 5.41) is 9.69. The van der Waals surface area contributed by atoms with E-state index in [1.54, 1.807) is 12.1 Å². The van der Waals surface area contributed by atoms with E-state index >= 15 is 0 Å².